The predicted octanol–water partition coefficient (Wildman–Crippen LogP) is 8.53. The van der Waals surface area contributed by atoms with Gasteiger partial charge in [-0.05, 0) is 6.92 Å². The zero-order valence-electron chi connectivity index (χ0n) is 23.5. The Morgan fingerprint density at radius 2 is 0.700 bits per heavy atom. The summed E-state index contributed by atoms with van der Waals surface area (Å²) < 4.78 is 203. The summed E-state index contributed by atoms with van der Waals surface area (Å²) in [7, 11) is 0. The van der Waals surface area contributed by atoms with Crippen molar-refractivity contribution in [3.63, 3.8) is 0 Å². The van der Waals surface area contributed by atoms with Crippen LogP contribution in [0.5, 0.6) is 0 Å². The van der Waals surface area contributed by atoms with Gasteiger partial charge in [0, 0.05) is 22.3 Å². The number of nitrogens with zero attached hydrogens (tertiary/aromatic N) is 5. The fraction of sp³-hybridized carbons (Fsp3) is 0.0645. The highest BCUT2D eigenvalue weighted by Gasteiger charge is 2.48. The molecule has 1 aliphatic carbocycles. The van der Waals surface area contributed by atoms with Crippen molar-refractivity contribution in [2.75, 3.05) is 0 Å². The Hall–Kier alpha value is -6.65. The molecule has 250 valence electrons. The van der Waals surface area contributed by atoms with E-state index >= 15 is 26.3 Å². The maximum absolute atomic E-state index is 15.4. The van der Waals surface area contributed by atoms with Gasteiger partial charge in [-0.25, -0.2) is 48.3 Å². The van der Waals surface area contributed by atoms with Gasteiger partial charge in [0.25, 0.3) is 0 Å². The monoisotopic (exact) mass is 711 g/mol. The fourth-order valence-corrected chi connectivity index (χ4v) is 4.83. The molecule has 1 aliphatic rings. The number of alkyl halides is 3. The highest BCUT2D eigenvalue weighted by Crippen LogP contribution is 2.57. The predicted molar refractivity (Wildman–Crippen MR) is 136 cm³/mol. The summed E-state index contributed by atoms with van der Waals surface area (Å²) >= 11 is 0. The molecule has 19 heteroatoms. The number of rotatable bonds is 3. The van der Waals surface area contributed by atoms with E-state index in [9.17, 15) is 50.9 Å². The molecule has 0 radical (unpaired) electrons. The van der Waals surface area contributed by atoms with E-state index in [1.807, 2.05) is 0 Å². The number of hydrogen-bond donors (Lipinski definition) is 0. The van der Waals surface area contributed by atoms with Gasteiger partial charge in [-0.3, -0.25) is 0 Å². The van der Waals surface area contributed by atoms with Crippen molar-refractivity contribution in [1.29, 1.82) is 26.3 Å². The number of halogens is 14. The molecule has 50 heavy (non-hydrogen) atoms. The highest BCUT2D eigenvalue weighted by atomic mass is 19.4. The second-order valence-corrected chi connectivity index (χ2v) is 9.64. The average Bonchev–Trinajstić information content (AvgIpc) is 3.77. The number of benzene rings is 3. The maximum atomic E-state index is 15.4. The molecule has 4 rings (SSSR count). The van der Waals surface area contributed by atoms with Gasteiger partial charge in [0.15, 0.2) is 58.2 Å². The molecule has 0 unspecified atom stereocenters. The maximum Gasteiger partial charge on any atom is 0.422 e. The first-order valence-electron chi connectivity index (χ1n) is 12.5. The van der Waals surface area contributed by atoms with Crippen LogP contribution in [0, 0.1) is 128 Å². The van der Waals surface area contributed by atoms with Gasteiger partial charge in [-0.1, -0.05) is 0 Å². The normalized spacial score (nSPS) is 15.3. The van der Waals surface area contributed by atoms with Crippen molar-refractivity contribution in [3.8, 4) is 30.3 Å². The molecular weight excluding hydrogens is 708 g/mol. The summed E-state index contributed by atoms with van der Waals surface area (Å²) in [6, 6.07) is 4.65. The molecule has 0 N–H and O–H groups in total. The zero-order valence-corrected chi connectivity index (χ0v) is 23.5. The van der Waals surface area contributed by atoms with E-state index in [4.69, 9.17) is 10.5 Å². The van der Waals surface area contributed by atoms with Crippen LogP contribution in [0.1, 0.15) is 38.9 Å². The quantitative estimate of drug-likeness (QED) is 0.153. The molecule has 0 amide bonds. The summed E-state index contributed by atoms with van der Waals surface area (Å²) in [6.07, 6.45) is -6.11. The molecule has 3 aromatic carbocycles. The van der Waals surface area contributed by atoms with E-state index in [0.29, 0.717) is 6.92 Å². The van der Waals surface area contributed by atoms with Crippen LogP contribution < -0.4 is 0 Å². The van der Waals surface area contributed by atoms with Crippen molar-refractivity contribution in [2.45, 2.75) is 13.1 Å². The summed E-state index contributed by atoms with van der Waals surface area (Å²) in [5, 5.41) is 47.4. The number of hydrogen-bond acceptors (Lipinski definition) is 5. The van der Waals surface area contributed by atoms with Crippen molar-refractivity contribution < 1.29 is 61.5 Å². The van der Waals surface area contributed by atoms with E-state index in [0.717, 1.165) is 30.3 Å². The van der Waals surface area contributed by atoms with Crippen LogP contribution in [-0.4, -0.2) is 0 Å². The SMILES string of the molecule is Cc1c(F)c(/C(C#N)=C2/C(=C(C#N)c3c(F)c(F)c(C#N)c(F)c3F)/C2=C(/C#N)c2c(F)c(F)c(C(F)(F)F)c(F)c2F)c(F)c(F)c1C#N. The first-order chi connectivity index (χ1) is 23.3. The topological polar surface area (TPSA) is 119 Å². The first kappa shape index (κ1) is 36.2. The standard InChI is InChI=1S/C31H3F14N5/c1-7-8(2-46)21(33)24(36)16(20(7)32)9(3-47)13-14(10(4-48)17-25(37)22(34)12(6-50)23(35)26(17)38)15(13)11(5-49)18-27(39)29(41)19(31(43,44)45)30(42)28(18)40/h1H3/b13-9-,14-10?,15-11-. The minimum Gasteiger partial charge on any atom is -0.206 e. The van der Waals surface area contributed by atoms with Gasteiger partial charge in [-0.2, -0.15) is 39.5 Å². The molecule has 0 heterocycles. The van der Waals surface area contributed by atoms with Crippen LogP contribution in [0.3, 0.4) is 0 Å². The second-order valence-electron chi connectivity index (χ2n) is 9.64. The summed E-state index contributed by atoms with van der Waals surface area (Å²) in [5.41, 5.74) is -23.5. The molecule has 0 aliphatic heterocycles. The van der Waals surface area contributed by atoms with Gasteiger partial charge in [-0.15, -0.1) is 0 Å². The van der Waals surface area contributed by atoms with Crippen LogP contribution in [0.2, 0.25) is 0 Å². The van der Waals surface area contributed by atoms with Gasteiger partial charge in [0.05, 0.1) is 39.0 Å². The molecular formula is C31H3F14N5. The van der Waals surface area contributed by atoms with Gasteiger partial charge < -0.3 is 0 Å². The molecule has 0 atom stereocenters. The summed E-state index contributed by atoms with van der Waals surface area (Å²) in [6.45, 7) is 0.660. The largest absolute Gasteiger partial charge is 0.422 e. The molecule has 0 saturated heterocycles. The first-order valence-corrected chi connectivity index (χ1v) is 12.5. The van der Waals surface area contributed by atoms with Crippen LogP contribution in [0.4, 0.5) is 61.5 Å². The number of allylic oxidation sites excluding steroid dienone is 6. The second kappa shape index (κ2) is 12.4. The lowest BCUT2D eigenvalue weighted by Gasteiger charge is -2.13. The lowest BCUT2D eigenvalue weighted by atomic mass is 9.96. The van der Waals surface area contributed by atoms with Crippen molar-refractivity contribution in [1.82, 2.24) is 0 Å². The molecule has 0 spiro atoms. The highest BCUT2D eigenvalue weighted by molar-refractivity contribution is 6.12. The Bertz CT molecular complexity index is 2230. The van der Waals surface area contributed by atoms with E-state index < -0.39 is 143 Å². The van der Waals surface area contributed by atoms with Gasteiger partial charge >= 0.3 is 6.18 Å². The third kappa shape index (κ3) is 5.06. The van der Waals surface area contributed by atoms with Gasteiger partial charge in [0.1, 0.15) is 47.3 Å². The fourth-order valence-electron chi connectivity index (χ4n) is 4.83. The van der Waals surface area contributed by atoms with Gasteiger partial charge in [0.2, 0.25) is 0 Å². The lowest BCUT2D eigenvalue weighted by Crippen LogP contribution is -2.17. The molecule has 3 aromatic rings. The van der Waals surface area contributed by atoms with Crippen LogP contribution in [0.15, 0.2) is 16.7 Å². The summed E-state index contributed by atoms with van der Waals surface area (Å²) in [5.74, 6) is -28.9. The van der Waals surface area contributed by atoms with E-state index in [-0.39, 0.29) is 0 Å². The van der Waals surface area contributed by atoms with Crippen LogP contribution in [-0.2, 0) is 6.18 Å². The smallest absolute Gasteiger partial charge is 0.206 e. The Balaban J connectivity index is 2.38. The van der Waals surface area contributed by atoms with Crippen molar-refractivity contribution in [3.05, 3.63) is 120 Å². The van der Waals surface area contributed by atoms with E-state index in [1.165, 1.54) is 0 Å². The Labute approximate surface area is 267 Å². The van der Waals surface area contributed by atoms with E-state index in [2.05, 4.69) is 0 Å². The van der Waals surface area contributed by atoms with E-state index in [1.54, 1.807) is 0 Å². The molecule has 1 fully saturated rings. The average molecular weight is 711 g/mol. The third-order valence-corrected chi connectivity index (χ3v) is 7.11. The van der Waals surface area contributed by atoms with Crippen molar-refractivity contribution >= 4 is 16.7 Å². The third-order valence-electron chi connectivity index (χ3n) is 7.11. The van der Waals surface area contributed by atoms with Crippen molar-refractivity contribution in [2.24, 2.45) is 0 Å². The van der Waals surface area contributed by atoms with Crippen LogP contribution in [0.25, 0.3) is 16.7 Å². The minimum atomic E-state index is -6.11. The minimum absolute atomic E-state index is 0.660. The summed E-state index contributed by atoms with van der Waals surface area (Å²) in [4.78, 5) is 0. The van der Waals surface area contributed by atoms with Crippen LogP contribution >= 0.6 is 0 Å². The lowest BCUT2D eigenvalue weighted by molar-refractivity contribution is -0.143. The Morgan fingerprint density at radius 1 is 0.420 bits per heavy atom. The zero-order chi connectivity index (χ0) is 37.9. The molecule has 1 saturated carbocycles. The molecule has 0 aromatic heterocycles. The molecule has 5 nitrogen and oxygen atoms in total. The Morgan fingerprint density at radius 3 is 0.980 bits per heavy atom. The Kier molecular flexibility index (Phi) is 8.99. The number of nitriles is 5. The molecule has 0 bridgehead atoms.